The lowest BCUT2D eigenvalue weighted by Gasteiger charge is -2.36. The monoisotopic (exact) mass is 496 g/mol. The molecule has 196 valence electrons. The van der Waals surface area contributed by atoms with Crippen molar-refractivity contribution in [3.05, 3.63) is 71.8 Å². The Balaban J connectivity index is 0.000000201. The smallest absolute Gasteiger partial charge is 0.410 e. The fourth-order valence-corrected chi connectivity index (χ4v) is 4.47. The van der Waals surface area contributed by atoms with E-state index in [0.29, 0.717) is 13.2 Å². The molecule has 2 aromatic carbocycles. The largest absolute Gasteiger partial charge is 0.445 e. The summed E-state index contributed by atoms with van der Waals surface area (Å²) in [5, 5.41) is 0. The van der Waals surface area contributed by atoms with Gasteiger partial charge in [0.1, 0.15) is 13.2 Å². The summed E-state index contributed by atoms with van der Waals surface area (Å²) in [6.07, 6.45) is 3.33. The topological polar surface area (TPSA) is 111 Å². The van der Waals surface area contributed by atoms with Gasteiger partial charge in [-0.1, -0.05) is 60.7 Å². The van der Waals surface area contributed by atoms with Crippen LogP contribution in [0.1, 0.15) is 50.7 Å². The van der Waals surface area contributed by atoms with Crippen molar-refractivity contribution < 1.29 is 19.1 Å². The van der Waals surface area contributed by atoms with Crippen LogP contribution in [-0.2, 0) is 22.7 Å². The molecule has 0 unspecified atom stereocenters. The maximum absolute atomic E-state index is 12.0. The molecule has 0 aliphatic carbocycles. The Labute approximate surface area is 214 Å². The average Bonchev–Trinajstić information content (AvgIpc) is 2.90. The normalized spacial score (nSPS) is 23.8. The predicted molar refractivity (Wildman–Crippen MR) is 140 cm³/mol. The van der Waals surface area contributed by atoms with Crippen LogP contribution in [0.3, 0.4) is 0 Å². The SMILES string of the molecule is C[C@@H]1[C@H](N)CCCN1C(=O)OCc1ccccc1.C[C@H]1[C@@H](N)CCCN1C(=O)OCc1ccccc1. The molecule has 8 heteroatoms. The summed E-state index contributed by atoms with van der Waals surface area (Å²) in [4.78, 5) is 27.4. The molecular formula is C28H40N4O4. The molecule has 2 amide bonds. The van der Waals surface area contributed by atoms with Gasteiger partial charge in [-0.2, -0.15) is 0 Å². The van der Waals surface area contributed by atoms with Gasteiger partial charge < -0.3 is 30.7 Å². The number of benzene rings is 2. The number of hydrogen-bond acceptors (Lipinski definition) is 6. The van der Waals surface area contributed by atoms with Crippen LogP contribution in [-0.4, -0.2) is 59.2 Å². The molecule has 2 fully saturated rings. The summed E-state index contributed by atoms with van der Waals surface area (Å²) in [6.45, 7) is 6.07. The number of nitrogens with zero attached hydrogens (tertiary/aromatic N) is 2. The summed E-state index contributed by atoms with van der Waals surface area (Å²) in [5.74, 6) is 0. The quantitative estimate of drug-likeness (QED) is 0.654. The van der Waals surface area contributed by atoms with Gasteiger partial charge in [0.2, 0.25) is 0 Å². The minimum absolute atomic E-state index is 0.0574. The molecule has 2 aliphatic rings. The highest BCUT2D eigenvalue weighted by atomic mass is 16.6. The maximum Gasteiger partial charge on any atom is 0.410 e. The summed E-state index contributed by atoms with van der Waals surface area (Å²) in [7, 11) is 0. The molecule has 0 spiro atoms. The highest BCUT2D eigenvalue weighted by Crippen LogP contribution is 2.18. The molecule has 4 atom stereocenters. The van der Waals surface area contributed by atoms with Crippen LogP contribution >= 0.6 is 0 Å². The molecule has 2 aromatic rings. The van der Waals surface area contributed by atoms with Crippen molar-refractivity contribution in [1.29, 1.82) is 0 Å². The number of carbonyl (C=O) groups is 2. The van der Waals surface area contributed by atoms with E-state index in [1.807, 2.05) is 74.5 Å². The van der Waals surface area contributed by atoms with Crippen molar-refractivity contribution in [2.45, 2.75) is 76.9 Å². The number of nitrogens with two attached hydrogens (primary N) is 2. The van der Waals surface area contributed by atoms with Gasteiger partial charge in [0.25, 0.3) is 0 Å². The van der Waals surface area contributed by atoms with E-state index in [9.17, 15) is 9.59 Å². The molecule has 4 rings (SSSR count). The molecule has 2 heterocycles. The van der Waals surface area contributed by atoms with Crippen molar-refractivity contribution in [1.82, 2.24) is 9.80 Å². The first-order valence-corrected chi connectivity index (χ1v) is 12.8. The summed E-state index contributed by atoms with van der Waals surface area (Å²) >= 11 is 0. The zero-order chi connectivity index (χ0) is 25.9. The van der Waals surface area contributed by atoms with E-state index in [1.54, 1.807) is 9.80 Å². The van der Waals surface area contributed by atoms with Crippen LogP contribution in [0.2, 0.25) is 0 Å². The number of carbonyl (C=O) groups excluding carboxylic acids is 2. The molecule has 4 N–H and O–H groups in total. The zero-order valence-corrected chi connectivity index (χ0v) is 21.4. The molecule has 2 saturated heterocycles. The summed E-state index contributed by atoms with van der Waals surface area (Å²) in [6, 6.07) is 19.6. The third kappa shape index (κ3) is 7.96. The molecule has 0 radical (unpaired) electrons. The van der Waals surface area contributed by atoms with Crippen molar-refractivity contribution >= 4 is 12.2 Å². The van der Waals surface area contributed by atoms with Crippen molar-refractivity contribution in [3.63, 3.8) is 0 Å². The second kappa shape index (κ2) is 13.8. The number of likely N-dealkylation sites (tertiary alicyclic amines) is 2. The first-order chi connectivity index (χ1) is 17.4. The van der Waals surface area contributed by atoms with Gasteiger partial charge in [-0.3, -0.25) is 0 Å². The Bertz CT molecular complexity index is 866. The Hall–Kier alpha value is -3.10. The molecule has 2 aliphatic heterocycles. The number of piperidine rings is 2. The lowest BCUT2D eigenvalue weighted by molar-refractivity contribution is 0.0661. The standard InChI is InChI=1S/2C14H20N2O2/c2*1-11-13(15)8-5-9-16(11)14(17)18-10-12-6-3-2-4-7-12/h2*2-4,6-7,11,13H,5,8-10,15H2,1H3/t2*11-,13-/m10/s1. The highest BCUT2D eigenvalue weighted by molar-refractivity contribution is 5.68. The fraction of sp³-hybridized carbons (Fsp3) is 0.500. The van der Waals surface area contributed by atoms with Crippen molar-refractivity contribution in [2.75, 3.05) is 13.1 Å². The van der Waals surface area contributed by atoms with Gasteiger partial charge in [0.15, 0.2) is 0 Å². The highest BCUT2D eigenvalue weighted by Gasteiger charge is 2.30. The number of amides is 2. The molecule has 0 saturated carbocycles. The van der Waals surface area contributed by atoms with Crippen molar-refractivity contribution in [2.24, 2.45) is 11.5 Å². The third-order valence-corrected chi connectivity index (χ3v) is 6.97. The fourth-order valence-electron chi connectivity index (χ4n) is 4.47. The van der Waals surface area contributed by atoms with Gasteiger partial charge in [0, 0.05) is 37.3 Å². The second-order valence-electron chi connectivity index (χ2n) is 9.56. The third-order valence-electron chi connectivity index (χ3n) is 6.97. The minimum Gasteiger partial charge on any atom is -0.445 e. The minimum atomic E-state index is -0.262. The Morgan fingerprint density at radius 3 is 1.44 bits per heavy atom. The van der Waals surface area contributed by atoms with E-state index < -0.39 is 0 Å². The molecule has 36 heavy (non-hydrogen) atoms. The first-order valence-electron chi connectivity index (χ1n) is 12.8. The van der Waals surface area contributed by atoms with Gasteiger partial charge in [0.05, 0.1) is 0 Å². The Morgan fingerprint density at radius 2 is 1.08 bits per heavy atom. The molecular weight excluding hydrogens is 456 g/mol. The summed E-state index contributed by atoms with van der Waals surface area (Å²) < 4.78 is 10.6. The van der Waals surface area contributed by atoms with Gasteiger partial charge in [-0.25, -0.2) is 9.59 Å². The van der Waals surface area contributed by atoms with Crippen LogP contribution in [0.15, 0.2) is 60.7 Å². The van der Waals surface area contributed by atoms with Crippen molar-refractivity contribution in [3.8, 4) is 0 Å². The van der Waals surface area contributed by atoms with Gasteiger partial charge >= 0.3 is 12.2 Å². The zero-order valence-electron chi connectivity index (χ0n) is 21.4. The predicted octanol–water partition coefficient (Wildman–Crippen LogP) is 4.27. The molecule has 8 nitrogen and oxygen atoms in total. The lowest BCUT2D eigenvalue weighted by Crippen LogP contribution is -2.52. The maximum atomic E-state index is 12.0. The van der Waals surface area contributed by atoms with E-state index in [0.717, 1.165) is 49.9 Å². The van der Waals surface area contributed by atoms with Crippen LogP contribution < -0.4 is 11.5 Å². The van der Waals surface area contributed by atoms with E-state index in [1.165, 1.54) is 0 Å². The first kappa shape index (κ1) is 27.5. The van der Waals surface area contributed by atoms with Gasteiger partial charge in [-0.15, -0.1) is 0 Å². The average molecular weight is 497 g/mol. The number of hydrogen-bond donors (Lipinski definition) is 2. The number of rotatable bonds is 4. The van der Waals surface area contributed by atoms with Crippen LogP contribution in [0, 0.1) is 0 Å². The molecule has 0 bridgehead atoms. The van der Waals surface area contributed by atoms with E-state index >= 15 is 0 Å². The second-order valence-corrected chi connectivity index (χ2v) is 9.56. The van der Waals surface area contributed by atoms with E-state index in [-0.39, 0.29) is 36.4 Å². The number of ether oxygens (including phenoxy) is 2. The van der Waals surface area contributed by atoms with Crippen LogP contribution in [0.5, 0.6) is 0 Å². The molecule has 0 aromatic heterocycles. The van der Waals surface area contributed by atoms with Gasteiger partial charge in [-0.05, 0) is 50.7 Å². The lowest BCUT2D eigenvalue weighted by atomic mass is 9.99. The Morgan fingerprint density at radius 1 is 0.722 bits per heavy atom. The van der Waals surface area contributed by atoms with E-state index in [2.05, 4.69) is 0 Å². The van der Waals surface area contributed by atoms with Crippen LogP contribution in [0.25, 0.3) is 0 Å². The summed E-state index contributed by atoms with van der Waals surface area (Å²) in [5.41, 5.74) is 13.9. The Kier molecular flexibility index (Phi) is 10.6. The van der Waals surface area contributed by atoms with E-state index in [4.69, 9.17) is 20.9 Å². The van der Waals surface area contributed by atoms with Crippen LogP contribution in [0.4, 0.5) is 9.59 Å².